The monoisotopic (exact) mass is 347 g/mol. The van der Waals surface area contributed by atoms with Crippen LogP contribution in [0.1, 0.15) is 20.3 Å². The van der Waals surface area contributed by atoms with Crippen molar-refractivity contribution >= 4 is 17.0 Å². The van der Waals surface area contributed by atoms with E-state index in [2.05, 4.69) is 33.3 Å². The maximum atomic E-state index is 9.89. The lowest BCUT2D eigenvalue weighted by Crippen LogP contribution is -2.21. The van der Waals surface area contributed by atoms with Gasteiger partial charge in [-0.3, -0.25) is 4.89 Å². The Balaban J connectivity index is 0. The highest BCUT2D eigenvalue weighted by Crippen LogP contribution is 2.23. The van der Waals surface area contributed by atoms with Crippen LogP contribution in [0.15, 0.2) is 0 Å². The molecule has 1 heterocycles. The predicted octanol–water partition coefficient (Wildman–Crippen LogP) is 1.46. The number of halogens is 1. The molecule has 1 fully saturated rings. The van der Waals surface area contributed by atoms with Crippen LogP contribution in [0.25, 0.3) is 0 Å². The van der Waals surface area contributed by atoms with Crippen LogP contribution in [0.2, 0.25) is 0 Å². The van der Waals surface area contributed by atoms with Gasteiger partial charge >= 0.3 is 5.43 Å². The van der Waals surface area contributed by atoms with Gasteiger partial charge in [0.1, 0.15) is 6.11 Å². The predicted molar refractivity (Wildman–Crippen MR) is 81.0 cm³/mol. The molecule has 0 aromatic heterocycles. The minimum Gasteiger partial charge on any atom is -0.396 e. The molecule has 0 bridgehead atoms. The largest absolute Gasteiger partial charge is 0.417 e. The Morgan fingerprint density at radius 2 is 1.91 bits per heavy atom. The number of ether oxygens (including phenoxy) is 3. The Morgan fingerprint density at radius 1 is 1.30 bits per heavy atom. The maximum Gasteiger partial charge on any atom is 0.417 e. The summed E-state index contributed by atoms with van der Waals surface area (Å²) in [6.45, 7) is 4.53. The van der Waals surface area contributed by atoms with E-state index in [1.807, 2.05) is 20.0 Å². The number of aliphatic hydroxyl groups excluding tert-OH is 1. The third kappa shape index (κ3) is 14.7. The van der Waals surface area contributed by atoms with Crippen LogP contribution in [0, 0.1) is 35.9 Å². The Bertz CT molecular complexity index is 531. The van der Waals surface area contributed by atoms with E-state index < -0.39 is 11.2 Å². The Kier molecular flexibility index (Phi) is 13.9. The summed E-state index contributed by atoms with van der Waals surface area (Å²) < 4.78 is 14.7. The first-order valence-electron chi connectivity index (χ1n) is 6.00. The lowest BCUT2D eigenvalue weighted by Gasteiger charge is -2.16. The molecule has 128 valence electrons. The van der Waals surface area contributed by atoms with E-state index in [9.17, 15) is 4.79 Å². The van der Waals surface area contributed by atoms with E-state index in [1.54, 1.807) is 6.11 Å². The van der Waals surface area contributed by atoms with Crippen LogP contribution in [0.5, 0.6) is 0 Å². The average molecular weight is 348 g/mol. The molecule has 1 saturated heterocycles. The summed E-state index contributed by atoms with van der Waals surface area (Å²) >= 11 is 4.75. The molecule has 1 atom stereocenters. The number of carbonyl (C=O) groups excluding carboxylic acids is 1. The molecule has 23 heavy (non-hydrogen) atoms. The maximum absolute atomic E-state index is 9.89. The molecule has 1 aliphatic rings. The molecule has 1 unspecified atom stereocenters. The highest BCUT2D eigenvalue weighted by molar-refractivity contribution is 6.61. The SMILES string of the molecule is CC1(C)OCC(CCO)O1.N.O=C(Cl)OC#CC#CC#COO. The molecule has 0 radical (unpaired) electrons. The second-order valence-corrected chi connectivity index (χ2v) is 4.41. The van der Waals surface area contributed by atoms with E-state index in [4.69, 9.17) is 31.4 Å². The molecule has 0 amide bonds. The smallest absolute Gasteiger partial charge is 0.396 e. The topological polar surface area (TPSA) is 129 Å². The van der Waals surface area contributed by atoms with Crippen LogP contribution < -0.4 is 6.15 Å². The molecule has 0 saturated carbocycles. The fraction of sp³-hybridized carbons (Fsp3) is 0.500. The van der Waals surface area contributed by atoms with Crippen molar-refractivity contribution < 1.29 is 34.3 Å². The lowest BCUT2D eigenvalue weighted by molar-refractivity contribution is -0.171. The summed E-state index contributed by atoms with van der Waals surface area (Å²) in [6, 6.07) is 0. The number of hydrogen-bond acceptors (Lipinski definition) is 8. The lowest BCUT2D eigenvalue weighted by atomic mass is 10.3. The van der Waals surface area contributed by atoms with Crippen molar-refractivity contribution in [3.8, 4) is 35.9 Å². The van der Waals surface area contributed by atoms with Crippen LogP contribution in [0.4, 0.5) is 4.79 Å². The summed E-state index contributed by atoms with van der Waals surface area (Å²) in [6.07, 6.45) is 4.42. The quantitative estimate of drug-likeness (QED) is 0.296. The fourth-order valence-electron chi connectivity index (χ4n) is 1.25. The van der Waals surface area contributed by atoms with Gasteiger partial charge in [0.15, 0.2) is 11.9 Å². The van der Waals surface area contributed by atoms with Crippen molar-refractivity contribution in [3.05, 3.63) is 0 Å². The Morgan fingerprint density at radius 3 is 2.35 bits per heavy atom. The Hall–Kier alpha value is -1.96. The van der Waals surface area contributed by atoms with Crippen molar-refractivity contribution in [2.24, 2.45) is 0 Å². The highest BCUT2D eigenvalue weighted by atomic mass is 35.5. The van der Waals surface area contributed by atoms with Gasteiger partial charge in [-0.25, -0.2) is 4.79 Å². The summed E-state index contributed by atoms with van der Waals surface area (Å²) in [4.78, 5) is 13.3. The molecule has 9 heteroatoms. The summed E-state index contributed by atoms with van der Waals surface area (Å²) in [5.41, 5.74) is -1.03. The second kappa shape index (κ2) is 13.7. The van der Waals surface area contributed by atoms with Crippen molar-refractivity contribution in [2.45, 2.75) is 32.2 Å². The third-order valence-corrected chi connectivity index (χ3v) is 2.06. The van der Waals surface area contributed by atoms with Gasteiger partial charge in [0.2, 0.25) is 0 Å². The van der Waals surface area contributed by atoms with Gasteiger partial charge in [-0.05, 0) is 20.3 Å². The van der Waals surface area contributed by atoms with Crippen molar-refractivity contribution in [2.75, 3.05) is 13.2 Å². The van der Waals surface area contributed by atoms with Crippen molar-refractivity contribution in [3.63, 3.8) is 0 Å². The van der Waals surface area contributed by atoms with E-state index in [-0.39, 0.29) is 18.9 Å². The van der Waals surface area contributed by atoms with Crippen molar-refractivity contribution in [1.29, 1.82) is 0 Å². The van der Waals surface area contributed by atoms with Crippen molar-refractivity contribution in [1.82, 2.24) is 6.15 Å². The number of rotatable bonds is 2. The fourth-order valence-corrected chi connectivity index (χ4v) is 1.29. The zero-order chi connectivity index (χ0) is 16.8. The van der Waals surface area contributed by atoms with Gasteiger partial charge in [0, 0.05) is 41.9 Å². The number of hydrogen-bond donors (Lipinski definition) is 3. The van der Waals surface area contributed by atoms with Crippen LogP contribution in [-0.4, -0.2) is 40.9 Å². The minimum absolute atomic E-state index is 0. The molecule has 5 N–H and O–H groups in total. The Labute approximate surface area is 139 Å². The molecule has 1 aliphatic heterocycles. The minimum atomic E-state index is -1.03. The standard InChI is InChI=1S/C7HClO4.C7H14O3.H3N/c8-7(9)11-5-3-1-2-4-6-12-10;1-7(2)9-5-6(10-7)3-4-8;/h10H;6,8H,3-5H2,1-2H3;1H3. The molecule has 1 rings (SSSR count). The molecule has 0 aromatic rings. The van der Waals surface area contributed by atoms with E-state index in [0.717, 1.165) is 0 Å². The van der Waals surface area contributed by atoms with Gasteiger partial charge in [0.05, 0.1) is 12.7 Å². The molecule has 8 nitrogen and oxygen atoms in total. The first kappa shape index (κ1) is 23.3. The van der Waals surface area contributed by atoms with E-state index in [0.29, 0.717) is 13.0 Å². The summed E-state index contributed by atoms with van der Waals surface area (Å²) in [5, 5.41) is 16.2. The molecular formula is C14H18ClNO7. The average Bonchev–Trinajstić information content (AvgIpc) is 2.78. The zero-order valence-corrected chi connectivity index (χ0v) is 13.5. The summed E-state index contributed by atoms with van der Waals surface area (Å²) in [5.74, 6) is 8.04. The summed E-state index contributed by atoms with van der Waals surface area (Å²) in [7, 11) is 0. The van der Waals surface area contributed by atoms with Gasteiger partial charge < -0.3 is 25.5 Å². The highest BCUT2D eigenvalue weighted by Gasteiger charge is 2.31. The zero-order valence-electron chi connectivity index (χ0n) is 12.7. The van der Waals surface area contributed by atoms with Gasteiger partial charge in [-0.2, -0.15) is 5.26 Å². The van der Waals surface area contributed by atoms with Gasteiger partial charge in [0.25, 0.3) is 0 Å². The van der Waals surface area contributed by atoms with E-state index in [1.165, 1.54) is 0 Å². The van der Waals surface area contributed by atoms with Gasteiger partial charge in [-0.15, -0.1) is 0 Å². The first-order chi connectivity index (χ1) is 10.4. The second-order valence-electron chi connectivity index (χ2n) is 4.10. The van der Waals surface area contributed by atoms with Crippen LogP contribution in [-0.2, 0) is 19.1 Å². The molecular weight excluding hydrogens is 330 g/mol. The molecule has 0 spiro atoms. The molecule has 0 aromatic carbocycles. The number of aliphatic hydroxyl groups is 1. The van der Waals surface area contributed by atoms with E-state index >= 15 is 0 Å². The normalized spacial score (nSPS) is 16.3. The first-order valence-corrected chi connectivity index (χ1v) is 6.38. The van der Waals surface area contributed by atoms with Crippen LogP contribution in [0.3, 0.4) is 0 Å². The number of carbonyl (C=O) groups is 1. The van der Waals surface area contributed by atoms with Gasteiger partial charge in [-0.1, -0.05) is 0 Å². The molecule has 0 aliphatic carbocycles. The third-order valence-electron chi connectivity index (χ3n) is 1.98. The van der Waals surface area contributed by atoms with Crippen LogP contribution >= 0.6 is 11.6 Å².